The van der Waals surface area contributed by atoms with Crippen molar-refractivity contribution in [2.75, 3.05) is 26.4 Å². The predicted molar refractivity (Wildman–Crippen MR) is 356 cm³/mol. The fourth-order valence-corrected chi connectivity index (χ4v) is 12.3. The van der Waals surface area contributed by atoms with Crippen molar-refractivity contribution in [3.05, 3.63) is 48.6 Å². The zero-order chi connectivity index (χ0) is 66.1. The van der Waals surface area contributed by atoms with Crippen molar-refractivity contribution in [1.82, 2.24) is 5.32 Å². The zero-order valence-corrected chi connectivity index (χ0v) is 56.3. The van der Waals surface area contributed by atoms with E-state index in [-0.39, 0.29) is 18.9 Å². The monoisotopic (exact) mass is 1300 g/mol. The number of carbonyl (C=O) groups is 1. The molecular formula is C72H131NO18. The normalized spacial score (nSPS) is 28.1. The number of rotatable bonds is 56. The Hall–Kier alpha value is -2.25. The molecule has 3 saturated heterocycles. The molecule has 17 unspecified atom stereocenters. The molecule has 0 bridgehead atoms. The van der Waals surface area contributed by atoms with Crippen LogP contribution in [0, 0.1) is 0 Å². The highest BCUT2D eigenvalue weighted by molar-refractivity contribution is 5.76. The smallest absolute Gasteiger partial charge is 0.220 e. The number of allylic oxidation sites excluding steroid dienone is 8. The van der Waals surface area contributed by atoms with Crippen LogP contribution >= 0.6 is 0 Å². The van der Waals surface area contributed by atoms with Crippen LogP contribution in [-0.2, 0) is 33.2 Å². The van der Waals surface area contributed by atoms with Gasteiger partial charge >= 0.3 is 0 Å². The number of ether oxygens (including phenoxy) is 6. The van der Waals surface area contributed by atoms with Crippen LogP contribution in [0.1, 0.15) is 271 Å². The van der Waals surface area contributed by atoms with E-state index in [0.717, 1.165) is 70.6 Å². The second-order valence-electron chi connectivity index (χ2n) is 26.0. The van der Waals surface area contributed by atoms with Gasteiger partial charge in [-0.25, -0.2) is 0 Å². The molecule has 12 N–H and O–H groups in total. The number of amides is 1. The maximum absolute atomic E-state index is 13.4. The fraction of sp³-hybridized carbons (Fsp3) is 0.875. The molecule has 0 aromatic heterocycles. The highest BCUT2D eigenvalue weighted by atomic mass is 16.8. The summed E-state index contributed by atoms with van der Waals surface area (Å²) in [5.41, 5.74) is 0. The van der Waals surface area contributed by atoms with Gasteiger partial charge in [-0.3, -0.25) is 4.79 Å². The van der Waals surface area contributed by atoms with Gasteiger partial charge in [-0.15, -0.1) is 0 Å². The van der Waals surface area contributed by atoms with E-state index in [9.17, 15) is 61.0 Å². The lowest BCUT2D eigenvalue weighted by Crippen LogP contribution is -2.66. The van der Waals surface area contributed by atoms with Crippen LogP contribution in [-0.4, -0.2) is 193 Å². The summed E-state index contributed by atoms with van der Waals surface area (Å²) >= 11 is 0. The quantitative estimate of drug-likeness (QED) is 0.0199. The Morgan fingerprint density at radius 2 is 0.758 bits per heavy atom. The van der Waals surface area contributed by atoms with E-state index in [1.807, 2.05) is 0 Å². The summed E-state index contributed by atoms with van der Waals surface area (Å²) in [6, 6.07) is -0.887. The SMILES string of the molecule is CC/C=C\C/C=C\C/C=C\C/C=C\CCCCCCCCCCCCCCCCCCCCC(=O)NC(COC1OC(CO)C(OC2OC(CO)C(OC3OC(CO)C(O)C(O)C3O)C(O)C2O)C(O)C1O)C(O)CCCCCCCCCCCCCCCCC. The molecule has 91 heavy (non-hydrogen) atoms. The van der Waals surface area contributed by atoms with E-state index in [4.69, 9.17) is 28.4 Å². The Bertz CT molecular complexity index is 1840. The molecule has 3 aliphatic rings. The molecule has 1 amide bonds. The van der Waals surface area contributed by atoms with Crippen LogP contribution in [0.5, 0.6) is 0 Å². The molecule has 3 heterocycles. The summed E-state index contributed by atoms with van der Waals surface area (Å²) in [5, 5.41) is 121. The molecule has 0 aliphatic carbocycles. The van der Waals surface area contributed by atoms with Crippen molar-refractivity contribution < 1.29 is 89.4 Å². The maximum atomic E-state index is 13.4. The number of carbonyl (C=O) groups excluding carboxylic acids is 1. The lowest BCUT2D eigenvalue weighted by Gasteiger charge is -2.48. The maximum Gasteiger partial charge on any atom is 0.220 e. The molecule has 532 valence electrons. The summed E-state index contributed by atoms with van der Waals surface area (Å²) in [6.07, 6.45) is 37.7. The Kier molecular flexibility index (Phi) is 49.1. The van der Waals surface area contributed by atoms with Gasteiger partial charge in [-0.05, 0) is 51.4 Å². The lowest BCUT2D eigenvalue weighted by molar-refractivity contribution is -0.379. The van der Waals surface area contributed by atoms with Crippen LogP contribution in [0.3, 0.4) is 0 Å². The van der Waals surface area contributed by atoms with Gasteiger partial charge < -0.3 is 89.9 Å². The molecule has 3 aliphatic heterocycles. The fourth-order valence-electron chi connectivity index (χ4n) is 12.3. The van der Waals surface area contributed by atoms with Crippen molar-refractivity contribution in [2.24, 2.45) is 0 Å². The van der Waals surface area contributed by atoms with Gasteiger partial charge in [-0.1, -0.05) is 262 Å². The molecule has 19 heteroatoms. The van der Waals surface area contributed by atoms with E-state index in [1.54, 1.807) is 0 Å². The van der Waals surface area contributed by atoms with Crippen LogP contribution in [0.4, 0.5) is 0 Å². The average molecular weight is 1300 g/mol. The summed E-state index contributed by atoms with van der Waals surface area (Å²) in [5.74, 6) is -0.240. The van der Waals surface area contributed by atoms with Crippen molar-refractivity contribution in [1.29, 1.82) is 0 Å². The lowest BCUT2D eigenvalue weighted by atomic mass is 9.96. The largest absolute Gasteiger partial charge is 0.394 e. The minimum Gasteiger partial charge on any atom is -0.394 e. The second-order valence-corrected chi connectivity index (χ2v) is 26.0. The summed E-state index contributed by atoms with van der Waals surface area (Å²) in [7, 11) is 0. The van der Waals surface area contributed by atoms with Crippen molar-refractivity contribution in [3.63, 3.8) is 0 Å². The van der Waals surface area contributed by atoms with Crippen LogP contribution in [0.2, 0.25) is 0 Å². The first-order valence-corrected chi connectivity index (χ1v) is 36.4. The number of nitrogens with one attached hydrogen (secondary N) is 1. The summed E-state index contributed by atoms with van der Waals surface area (Å²) in [6.45, 7) is 1.70. The molecule has 19 nitrogen and oxygen atoms in total. The van der Waals surface area contributed by atoms with Gasteiger partial charge in [0.2, 0.25) is 5.91 Å². The van der Waals surface area contributed by atoms with Crippen LogP contribution < -0.4 is 5.32 Å². The topological polar surface area (TPSA) is 307 Å². The van der Waals surface area contributed by atoms with Gasteiger partial charge in [0.05, 0.1) is 38.6 Å². The highest BCUT2D eigenvalue weighted by Crippen LogP contribution is 2.33. The standard InChI is InChI=1S/C72H131NO18/c1-3-5-7-9-11-13-15-17-19-20-21-22-23-24-25-26-27-28-29-30-31-32-33-34-36-38-40-42-44-46-48-50-60(78)73-55(56(77)49-47-45-43-41-39-37-35-18-16-14-12-10-8-6-4-2)54-86-70-66(84)63(81)68(58(52-75)88-70)91-72-67(85)64(82)69(59(53-76)89-72)90-71-65(83)62(80)61(79)57(51-74)87-71/h5,7,11,13,17,19,21-22,55-59,61-72,74-77,79-85H,3-4,6,8-10,12,14-16,18,20,23-54H2,1-2H3,(H,73,78)/b7-5-,13-11-,19-17-,22-21-. The zero-order valence-electron chi connectivity index (χ0n) is 56.3. The van der Waals surface area contributed by atoms with Crippen LogP contribution in [0.15, 0.2) is 48.6 Å². The predicted octanol–water partition coefficient (Wildman–Crippen LogP) is 10.2. The number of aliphatic hydroxyl groups is 11. The number of unbranched alkanes of at least 4 members (excludes halogenated alkanes) is 32. The number of aliphatic hydroxyl groups excluding tert-OH is 11. The molecule has 0 aromatic carbocycles. The van der Waals surface area contributed by atoms with Gasteiger partial charge in [0, 0.05) is 6.42 Å². The molecular weight excluding hydrogens is 1170 g/mol. The molecule has 3 fully saturated rings. The van der Waals surface area contributed by atoms with Gasteiger partial charge in [0.1, 0.15) is 73.2 Å². The van der Waals surface area contributed by atoms with E-state index in [2.05, 4.69) is 67.8 Å². The van der Waals surface area contributed by atoms with Gasteiger partial charge in [0.15, 0.2) is 18.9 Å². The number of hydrogen-bond acceptors (Lipinski definition) is 18. The van der Waals surface area contributed by atoms with Gasteiger partial charge in [0.25, 0.3) is 0 Å². The van der Waals surface area contributed by atoms with E-state index < -0.39 is 124 Å². The summed E-state index contributed by atoms with van der Waals surface area (Å²) < 4.78 is 34.4. The Balaban J connectivity index is 1.36. The third-order valence-electron chi connectivity index (χ3n) is 18.2. The molecule has 0 aromatic rings. The molecule has 0 saturated carbocycles. The first-order chi connectivity index (χ1) is 44.3. The highest BCUT2D eigenvalue weighted by Gasteiger charge is 2.53. The number of hydrogen-bond donors (Lipinski definition) is 12. The van der Waals surface area contributed by atoms with Crippen molar-refractivity contribution in [2.45, 2.75) is 375 Å². The Morgan fingerprint density at radius 3 is 1.19 bits per heavy atom. The minimum absolute atomic E-state index is 0.240. The van der Waals surface area contributed by atoms with Gasteiger partial charge in [-0.2, -0.15) is 0 Å². The minimum atomic E-state index is -1.97. The van der Waals surface area contributed by atoms with Crippen molar-refractivity contribution in [3.8, 4) is 0 Å². The van der Waals surface area contributed by atoms with E-state index in [1.165, 1.54) is 167 Å². The molecule has 0 radical (unpaired) electrons. The average Bonchev–Trinajstić information content (AvgIpc) is 0.876. The Morgan fingerprint density at radius 1 is 0.407 bits per heavy atom. The molecule has 3 rings (SSSR count). The third kappa shape index (κ3) is 35.5. The third-order valence-corrected chi connectivity index (χ3v) is 18.2. The molecule has 17 atom stereocenters. The van der Waals surface area contributed by atoms with Crippen molar-refractivity contribution >= 4 is 5.91 Å². The first kappa shape index (κ1) is 83.0. The van der Waals surface area contributed by atoms with E-state index >= 15 is 0 Å². The Labute approximate surface area is 548 Å². The summed E-state index contributed by atoms with van der Waals surface area (Å²) in [4.78, 5) is 13.4. The second kappa shape index (κ2) is 53.8. The van der Waals surface area contributed by atoms with Crippen LogP contribution in [0.25, 0.3) is 0 Å². The molecule has 0 spiro atoms. The van der Waals surface area contributed by atoms with E-state index in [0.29, 0.717) is 12.8 Å². The first-order valence-electron chi connectivity index (χ1n) is 36.4.